The summed E-state index contributed by atoms with van der Waals surface area (Å²) in [6.45, 7) is 8.35. The molecule has 0 aliphatic heterocycles. The maximum Gasteiger partial charge on any atom is 0.230 e. The molecular weight excluding hydrogens is 294 g/mol. The highest BCUT2D eigenvalue weighted by Gasteiger charge is 2.22. The van der Waals surface area contributed by atoms with Crippen molar-refractivity contribution < 1.29 is 4.79 Å². The van der Waals surface area contributed by atoms with Gasteiger partial charge in [0.25, 0.3) is 0 Å². The van der Waals surface area contributed by atoms with Gasteiger partial charge in [0.2, 0.25) is 5.91 Å². The van der Waals surface area contributed by atoms with Crippen molar-refractivity contribution in [2.24, 2.45) is 0 Å². The molecule has 4 nitrogen and oxygen atoms in total. The molecule has 124 valence electrons. The number of amides is 1. The molecule has 0 aromatic carbocycles. The smallest absolute Gasteiger partial charge is 0.230 e. The summed E-state index contributed by atoms with van der Waals surface area (Å²) in [4.78, 5) is 16.7. The Morgan fingerprint density at radius 3 is 2.68 bits per heavy atom. The standard InChI is InChI=1S/C17H29N3OS/c1-5-12(2)18-16(21)11-22-17-19-13(3)14(4)20(17)15-9-7-6-8-10-15/h12,15H,5-11H2,1-4H3,(H,18,21). The first-order valence-corrected chi connectivity index (χ1v) is 9.49. The summed E-state index contributed by atoms with van der Waals surface area (Å²) < 4.78 is 2.38. The van der Waals surface area contributed by atoms with Gasteiger partial charge in [-0.2, -0.15) is 0 Å². The Bertz CT molecular complexity index is 506. The fourth-order valence-electron chi connectivity index (χ4n) is 3.02. The van der Waals surface area contributed by atoms with Gasteiger partial charge in [-0.25, -0.2) is 4.98 Å². The summed E-state index contributed by atoms with van der Waals surface area (Å²) in [6, 6.07) is 0.810. The Morgan fingerprint density at radius 2 is 2.05 bits per heavy atom. The van der Waals surface area contributed by atoms with Gasteiger partial charge in [0.15, 0.2) is 5.16 Å². The SMILES string of the molecule is CCC(C)NC(=O)CSc1nc(C)c(C)n1C1CCCCC1. The maximum atomic E-state index is 12.0. The van der Waals surface area contributed by atoms with E-state index in [4.69, 9.17) is 4.98 Å². The third kappa shape index (κ3) is 4.28. The molecule has 0 spiro atoms. The van der Waals surface area contributed by atoms with Crippen LogP contribution in [0.5, 0.6) is 0 Å². The highest BCUT2D eigenvalue weighted by molar-refractivity contribution is 7.99. The number of nitrogens with zero attached hydrogens (tertiary/aromatic N) is 2. The van der Waals surface area contributed by atoms with Gasteiger partial charge in [0, 0.05) is 17.8 Å². The van der Waals surface area contributed by atoms with E-state index < -0.39 is 0 Å². The van der Waals surface area contributed by atoms with Crippen LogP contribution in [-0.4, -0.2) is 27.3 Å². The molecule has 0 bridgehead atoms. The Hall–Kier alpha value is -0.970. The van der Waals surface area contributed by atoms with Gasteiger partial charge in [0.1, 0.15) is 0 Å². The van der Waals surface area contributed by atoms with Crippen molar-refractivity contribution in [1.29, 1.82) is 0 Å². The van der Waals surface area contributed by atoms with E-state index in [2.05, 4.69) is 30.7 Å². The van der Waals surface area contributed by atoms with Crippen LogP contribution in [0.1, 0.15) is 69.8 Å². The molecule has 0 radical (unpaired) electrons. The quantitative estimate of drug-likeness (QED) is 0.805. The first kappa shape index (κ1) is 17.4. The van der Waals surface area contributed by atoms with E-state index in [9.17, 15) is 4.79 Å². The summed E-state index contributed by atoms with van der Waals surface area (Å²) in [5, 5.41) is 4.04. The summed E-state index contributed by atoms with van der Waals surface area (Å²) in [6.07, 6.45) is 7.40. The van der Waals surface area contributed by atoms with Gasteiger partial charge in [-0.1, -0.05) is 37.9 Å². The number of aromatic nitrogens is 2. The third-order valence-electron chi connectivity index (χ3n) is 4.65. The van der Waals surface area contributed by atoms with E-state index in [0.29, 0.717) is 11.8 Å². The Morgan fingerprint density at radius 1 is 1.36 bits per heavy atom. The van der Waals surface area contributed by atoms with Crippen LogP contribution < -0.4 is 5.32 Å². The van der Waals surface area contributed by atoms with E-state index in [1.807, 2.05) is 6.92 Å². The van der Waals surface area contributed by atoms with Gasteiger partial charge in [0.05, 0.1) is 11.4 Å². The van der Waals surface area contributed by atoms with E-state index in [-0.39, 0.29) is 11.9 Å². The van der Waals surface area contributed by atoms with Crippen LogP contribution in [0.15, 0.2) is 5.16 Å². The van der Waals surface area contributed by atoms with Crippen LogP contribution in [0.4, 0.5) is 0 Å². The molecule has 1 heterocycles. The highest BCUT2D eigenvalue weighted by atomic mass is 32.2. The van der Waals surface area contributed by atoms with Crippen molar-refractivity contribution in [1.82, 2.24) is 14.9 Å². The van der Waals surface area contributed by atoms with Crippen LogP contribution in [0.3, 0.4) is 0 Å². The zero-order valence-electron chi connectivity index (χ0n) is 14.3. The van der Waals surface area contributed by atoms with Gasteiger partial charge in [-0.15, -0.1) is 0 Å². The van der Waals surface area contributed by atoms with Crippen molar-refractivity contribution in [3.05, 3.63) is 11.4 Å². The van der Waals surface area contributed by atoms with E-state index in [1.165, 1.54) is 37.8 Å². The number of imidazole rings is 1. The van der Waals surface area contributed by atoms with Crippen molar-refractivity contribution in [3.8, 4) is 0 Å². The second kappa shape index (κ2) is 8.04. The largest absolute Gasteiger partial charge is 0.353 e. The van der Waals surface area contributed by atoms with Crippen molar-refractivity contribution in [2.45, 2.75) is 83.5 Å². The van der Waals surface area contributed by atoms with Gasteiger partial charge < -0.3 is 9.88 Å². The number of aryl methyl sites for hydroxylation is 1. The van der Waals surface area contributed by atoms with E-state index in [0.717, 1.165) is 17.3 Å². The second-order valence-corrected chi connectivity index (χ2v) is 7.34. The summed E-state index contributed by atoms with van der Waals surface area (Å²) in [5.41, 5.74) is 2.35. The molecule has 1 fully saturated rings. The first-order valence-electron chi connectivity index (χ1n) is 8.50. The van der Waals surface area contributed by atoms with Crippen LogP contribution in [0.2, 0.25) is 0 Å². The molecule has 5 heteroatoms. The minimum Gasteiger partial charge on any atom is -0.353 e. The monoisotopic (exact) mass is 323 g/mol. The molecule has 1 aromatic rings. The van der Waals surface area contributed by atoms with Crippen LogP contribution in [0.25, 0.3) is 0 Å². The minimum absolute atomic E-state index is 0.104. The fraction of sp³-hybridized carbons (Fsp3) is 0.765. The zero-order chi connectivity index (χ0) is 16.1. The average Bonchev–Trinajstić information content (AvgIpc) is 2.81. The lowest BCUT2D eigenvalue weighted by molar-refractivity contribution is -0.119. The summed E-state index contributed by atoms with van der Waals surface area (Å²) in [7, 11) is 0. The predicted molar refractivity (Wildman–Crippen MR) is 92.4 cm³/mol. The molecule has 1 unspecified atom stereocenters. The Labute approximate surface area is 138 Å². The molecule has 22 heavy (non-hydrogen) atoms. The average molecular weight is 324 g/mol. The van der Waals surface area contributed by atoms with Gasteiger partial charge >= 0.3 is 0 Å². The van der Waals surface area contributed by atoms with E-state index in [1.54, 1.807) is 11.8 Å². The summed E-state index contributed by atoms with van der Waals surface area (Å²) >= 11 is 1.58. The number of rotatable bonds is 6. The number of carbonyl (C=O) groups excluding carboxylic acids is 1. The molecular formula is C17H29N3OS. The number of nitrogens with one attached hydrogen (secondary N) is 1. The first-order chi connectivity index (χ1) is 10.5. The topological polar surface area (TPSA) is 46.9 Å². The predicted octanol–water partition coefficient (Wildman–Crippen LogP) is 4.01. The minimum atomic E-state index is 0.104. The lowest BCUT2D eigenvalue weighted by Crippen LogP contribution is -2.33. The lowest BCUT2D eigenvalue weighted by Gasteiger charge is -2.26. The number of hydrogen-bond donors (Lipinski definition) is 1. The second-order valence-electron chi connectivity index (χ2n) is 6.39. The molecule has 1 atom stereocenters. The van der Waals surface area contributed by atoms with E-state index >= 15 is 0 Å². The molecule has 1 aliphatic carbocycles. The normalized spacial score (nSPS) is 17.5. The van der Waals surface area contributed by atoms with Crippen LogP contribution >= 0.6 is 11.8 Å². The van der Waals surface area contributed by atoms with Crippen LogP contribution in [0, 0.1) is 13.8 Å². The van der Waals surface area contributed by atoms with Crippen molar-refractivity contribution in [2.75, 3.05) is 5.75 Å². The lowest BCUT2D eigenvalue weighted by atomic mass is 9.95. The Kier molecular flexibility index (Phi) is 6.36. The number of hydrogen-bond acceptors (Lipinski definition) is 3. The molecule has 0 saturated heterocycles. The van der Waals surface area contributed by atoms with Gasteiger partial charge in [-0.05, 0) is 40.0 Å². The maximum absolute atomic E-state index is 12.0. The third-order valence-corrected chi connectivity index (χ3v) is 5.60. The molecule has 1 N–H and O–H groups in total. The summed E-state index contributed by atoms with van der Waals surface area (Å²) in [5.74, 6) is 0.556. The molecule has 1 aromatic heterocycles. The van der Waals surface area contributed by atoms with Crippen molar-refractivity contribution in [3.63, 3.8) is 0 Å². The fourth-order valence-corrected chi connectivity index (χ4v) is 3.99. The molecule has 1 amide bonds. The molecule has 2 rings (SSSR count). The van der Waals surface area contributed by atoms with Crippen LogP contribution in [-0.2, 0) is 4.79 Å². The van der Waals surface area contributed by atoms with Crippen molar-refractivity contribution >= 4 is 17.7 Å². The highest BCUT2D eigenvalue weighted by Crippen LogP contribution is 2.34. The Balaban J connectivity index is 2.04. The number of thioether (sulfide) groups is 1. The molecule has 1 saturated carbocycles. The van der Waals surface area contributed by atoms with Gasteiger partial charge in [-0.3, -0.25) is 4.79 Å². The molecule has 1 aliphatic rings. The number of carbonyl (C=O) groups is 1. The zero-order valence-corrected chi connectivity index (χ0v) is 15.1.